The summed E-state index contributed by atoms with van der Waals surface area (Å²) >= 11 is 0. The Bertz CT molecular complexity index is 86.8. The molecular weight excluding hydrogens is 195 g/mol. The zero-order chi connectivity index (χ0) is 5.91. The molecule has 7 heavy (non-hydrogen) atoms. The van der Waals surface area contributed by atoms with Crippen LogP contribution in [-0.4, -0.2) is 6.54 Å². The molecule has 5 heteroatoms. The van der Waals surface area contributed by atoms with Gasteiger partial charge in [0, 0.05) is 0 Å². The van der Waals surface area contributed by atoms with Gasteiger partial charge in [-0.25, -0.2) is 0 Å². The zero-order valence-corrected chi connectivity index (χ0v) is 7.40. The third-order valence-electron chi connectivity index (χ3n) is 0.302. The molecule has 44 valence electrons. The van der Waals surface area contributed by atoms with Crippen molar-refractivity contribution in [3.63, 3.8) is 0 Å². The Morgan fingerprint density at radius 1 is 1.43 bits per heavy atom. The Balaban J connectivity index is 3.73. The van der Waals surface area contributed by atoms with Crippen molar-refractivity contribution in [1.29, 1.82) is 0 Å². The van der Waals surface area contributed by atoms with Gasteiger partial charge in [-0.05, 0) is 0 Å². The van der Waals surface area contributed by atoms with E-state index in [0.717, 1.165) is 0 Å². The first kappa shape index (κ1) is 8.25. The predicted octanol–water partition coefficient (Wildman–Crippen LogP) is 2.81. The van der Waals surface area contributed by atoms with Gasteiger partial charge < -0.3 is 0 Å². The molecule has 0 saturated carbocycles. The van der Waals surface area contributed by atoms with E-state index in [0.29, 0.717) is 6.54 Å². The number of rotatable bonds is 1. The molecular formula is C2H5Cl3NV. The van der Waals surface area contributed by atoms with Crippen molar-refractivity contribution < 1.29 is 11.0 Å². The Kier molecular flexibility index (Phi) is 3.91. The van der Waals surface area contributed by atoms with Crippen molar-refractivity contribution in [2.75, 3.05) is 6.54 Å². The molecule has 0 rings (SSSR count). The maximum atomic E-state index is 5.37. The van der Waals surface area contributed by atoms with Gasteiger partial charge in [0.05, 0.1) is 0 Å². The second-order valence-corrected chi connectivity index (χ2v) is 10.8. The van der Waals surface area contributed by atoms with Gasteiger partial charge in [0.1, 0.15) is 0 Å². The number of nitrogens with zero attached hydrogens (tertiary/aromatic N) is 1. The van der Waals surface area contributed by atoms with Crippen LogP contribution in [0, 0.1) is 0 Å². The first-order valence-electron chi connectivity index (χ1n) is 1.73. The van der Waals surface area contributed by atoms with Crippen LogP contribution in [-0.2, 0) is 11.0 Å². The van der Waals surface area contributed by atoms with Gasteiger partial charge >= 0.3 is 57.8 Å². The van der Waals surface area contributed by atoms with Crippen LogP contribution in [0.4, 0.5) is 0 Å². The molecule has 0 unspecified atom stereocenters. The number of hydrogen-bond donors (Lipinski definition) is 0. The first-order valence-corrected chi connectivity index (χ1v) is 8.12. The van der Waals surface area contributed by atoms with Crippen molar-refractivity contribution >= 4 is 29.5 Å². The summed E-state index contributed by atoms with van der Waals surface area (Å²) in [5, 5.41) is 0. The SMILES string of the molecule is CC[N]=[V]([Cl])([Cl])[Cl]. The summed E-state index contributed by atoms with van der Waals surface area (Å²) in [7, 11) is 13.2. The topological polar surface area (TPSA) is 12.4 Å². The van der Waals surface area contributed by atoms with Crippen molar-refractivity contribution in [2.24, 2.45) is 3.79 Å². The van der Waals surface area contributed by atoms with Crippen LogP contribution in [0.5, 0.6) is 0 Å². The fraction of sp³-hybridized carbons (Fsp3) is 1.00. The van der Waals surface area contributed by atoms with E-state index in [9.17, 15) is 0 Å². The Morgan fingerprint density at radius 2 is 1.86 bits per heavy atom. The molecule has 0 heterocycles. The van der Waals surface area contributed by atoms with E-state index in [2.05, 4.69) is 3.79 Å². The minimum absolute atomic E-state index is 0.615. The van der Waals surface area contributed by atoms with E-state index in [1.54, 1.807) is 0 Å². The molecule has 0 aliphatic carbocycles. The summed E-state index contributed by atoms with van der Waals surface area (Å²) in [5.41, 5.74) is 0. The molecule has 0 aromatic carbocycles. The van der Waals surface area contributed by atoms with Gasteiger partial charge in [0.2, 0.25) is 0 Å². The summed E-state index contributed by atoms with van der Waals surface area (Å²) in [6.07, 6.45) is 0. The molecule has 0 fully saturated rings. The Morgan fingerprint density at radius 3 is 1.86 bits per heavy atom. The summed E-state index contributed by atoms with van der Waals surface area (Å²) in [6.45, 7) is 2.46. The second kappa shape index (κ2) is 3.31. The molecule has 0 spiro atoms. The van der Waals surface area contributed by atoms with Crippen LogP contribution in [0.2, 0.25) is 0 Å². The van der Waals surface area contributed by atoms with E-state index in [1.807, 2.05) is 6.92 Å². The molecule has 0 radical (unpaired) electrons. The third kappa shape index (κ3) is 7.25. The molecule has 0 aromatic rings. The predicted molar refractivity (Wildman–Crippen MR) is 30.5 cm³/mol. The molecule has 0 saturated heterocycles. The quantitative estimate of drug-likeness (QED) is 0.617. The summed E-state index contributed by atoms with van der Waals surface area (Å²) in [6, 6.07) is 0. The Hall–Kier alpha value is 1.25. The van der Waals surface area contributed by atoms with Gasteiger partial charge in [0.25, 0.3) is 0 Å². The van der Waals surface area contributed by atoms with Crippen LogP contribution < -0.4 is 0 Å². The van der Waals surface area contributed by atoms with E-state index in [-0.39, 0.29) is 0 Å². The van der Waals surface area contributed by atoms with Crippen LogP contribution in [0.1, 0.15) is 6.92 Å². The molecule has 1 nitrogen and oxygen atoms in total. The fourth-order valence-corrected chi connectivity index (χ4v) is 1.98. The maximum absolute atomic E-state index is 5.37. The van der Waals surface area contributed by atoms with Crippen molar-refractivity contribution in [3.8, 4) is 0 Å². The van der Waals surface area contributed by atoms with E-state index >= 15 is 0 Å². The number of hydrogen-bond acceptors (Lipinski definition) is 1. The molecule has 0 atom stereocenters. The van der Waals surface area contributed by atoms with Crippen molar-refractivity contribution in [1.82, 2.24) is 0 Å². The minimum atomic E-state index is -2.90. The van der Waals surface area contributed by atoms with E-state index in [4.69, 9.17) is 29.5 Å². The Labute approximate surface area is 57.7 Å². The first-order chi connectivity index (χ1) is 3.06. The van der Waals surface area contributed by atoms with Gasteiger partial charge in [-0.15, -0.1) is 0 Å². The third-order valence-corrected chi connectivity index (χ3v) is 2.57. The molecule has 0 aromatic heterocycles. The second-order valence-electron chi connectivity index (χ2n) is 0.876. The summed E-state index contributed by atoms with van der Waals surface area (Å²) < 4.78 is 3.73. The molecule has 0 amide bonds. The van der Waals surface area contributed by atoms with Crippen LogP contribution in [0.15, 0.2) is 3.79 Å². The van der Waals surface area contributed by atoms with Gasteiger partial charge in [0.15, 0.2) is 0 Å². The summed E-state index contributed by atoms with van der Waals surface area (Å²) in [5.74, 6) is 0. The van der Waals surface area contributed by atoms with Crippen molar-refractivity contribution in [2.45, 2.75) is 6.92 Å². The normalized spacial score (nSPS) is 11.4. The van der Waals surface area contributed by atoms with Gasteiger partial charge in [-0.2, -0.15) is 0 Å². The van der Waals surface area contributed by atoms with Gasteiger partial charge in [-0.1, -0.05) is 0 Å². The van der Waals surface area contributed by atoms with Crippen molar-refractivity contribution in [3.05, 3.63) is 0 Å². The zero-order valence-electron chi connectivity index (χ0n) is 3.74. The standard InChI is InChI=1S/C2H5N.3ClH.V/c1-2-3;;;;/h2H2,1H3;3*1H;/q;;;;+3/p-3. The molecule has 0 N–H and O–H groups in total. The molecule has 0 bridgehead atoms. The van der Waals surface area contributed by atoms with E-state index in [1.165, 1.54) is 0 Å². The average molecular weight is 200 g/mol. The van der Waals surface area contributed by atoms with Crippen LogP contribution in [0.3, 0.4) is 0 Å². The average Bonchev–Trinajstić information content (AvgIpc) is 1.30. The molecule has 0 aliphatic rings. The fourth-order valence-electron chi connectivity index (χ4n) is 0.160. The molecule has 0 aliphatic heterocycles. The van der Waals surface area contributed by atoms with Crippen LogP contribution >= 0.6 is 29.5 Å². The van der Waals surface area contributed by atoms with E-state index < -0.39 is 11.0 Å². The summed E-state index contributed by atoms with van der Waals surface area (Å²) in [4.78, 5) is 0. The monoisotopic (exact) mass is 199 g/mol. The van der Waals surface area contributed by atoms with Crippen LogP contribution in [0.25, 0.3) is 0 Å². The number of halogens is 3. The van der Waals surface area contributed by atoms with Gasteiger partial charge in [-0.3, -0.25) is 0 Å².